The van der Waals surface area contributed by atoms with Crippen molar-refractivity contribution < 1.29 is 4.79 Å². The summed E-state index contributed by atoms with van der Waals surface area (Å²) >= 11 is 0. The highest BCUT2D eigenvalue weighted by atomic mass is 16.1. The molecule has 0 unspecified atom stereocenters. The van der Waals surface area contributed by atoms with Crippen LogP contribution >= 0.6 is 0 Å². The number of ketones is 1. The summed E-state index contributed by atoms with van der Waals surface area (Å²) in [6, 6.07) is 10.1. The zero-order valence-corrected chi connectivity index (χ0v) is 12.8. The molecule has 0 amide bonds. The molecule has 0 aliphatic carbocycles. The summed E-state index contributed by atoms with van der Waals surface area (Å²) in [5.41, 5.74) is 1.26. The highest BCUT2D eigenvalue weighted by Gasteiger charge is 2.31. The predicted molar refractivity (Wildman–Crippen MR) is 83.5 cm³/mol. The minimum atomic E-state index is -0.492. The van der Waals surface area contributed by atoms with Crippen LogP contribution in [-0.2, 0) is 11.2 Å². The molecule has 1 aromatic heterocycles. The van der Waals surface area contributed by atoms with Crippen LogP contribution < -0.4 is 0 Å². The third kappa shape index (κ3) is 3.66. The number of carbonyl (C=O) groups excluding carboxylic acids is 1. The van der Waals surface area contributed by atoms with Gasteiger partial charge >= 0.3 is 0 Å². The van der Waals surface area contributed by atoms with Gasteiger partial charge in [-0.15, -0.1) is 0 Å². The van der Waals surface area contributed by atoms with Crippen molar-refractivity contribution >= 4 is 11.5 Å². The monoisotopic (exact) mass is 283 g/mol. The molecule has 2 rings (SSSR count). The van der Waals surface area contributed by atoms with E-state index in [1.807, 2.05) is 57.2 Å². The molecule has 21 heavy (non-hydrogen) atoms. The van der Waals surface area contributed by atoms with Crippen LogP contribution in [0.4, 0.5) is 0 Å². The molecule has 0 aliphatic rings. The zero-order chi connectivity index (χ0) is 15.3. The third-order valence-corrected chi connectivity index (χ3v) is 3.40. The fourth-order valence-electron chi connectivity index (χ4n) is 2.35. The van der Waals surface area contributed by atoms with Gasteiger partial charge in [-0.3, -0.25) is 4.79 Å². The average Bonchev–Trinajstić information content (AvgIpc) is 2.98. The van der Waals surface area contributed by atoms with Crippen LogP contribution in [0.25, 0.3) is 5.70 Å². The van der Waals surface area contributed by atoms with Gasteiger partial charge in [-0.1, -0.05) is 57.2 Å². The van der Waals surface area contributed by atoms with Crippen molar-refractivity contribution in [3.63, 3.8) is 0 Å². The highest BCUT2D eigenvalue weighted by molar-refractivity contribution is 6.17. The van der Waals surface area contributed by atoms with Crippen LogP contribution in [0.3, 0.4) is 0 Å². The molecule has 4 heteroatoms. The Morgan fingerprint density at radius 3 is 2.57 bits per heavy atom. The predicted octanol–water partition coefficient (Wildman–Crippen LogP) is 3.37. The maximum absolute atomic E-state index is 12.9. The summed E-state index contributed by atoms with van der Waals surface area (Å²) in [7, 11) is 0. The van der Waals surface area contributed by atoms with E-state index in [1.54, 1.807) is 11.0 Å². The second-order valence-electron chi connectivity index (χ2n) is 5.71. The van der Waals surface area contributed by atoms with Crippen LogP contribution in [0.5, 0.6) is 0 Å². The molecule has 110 valence electrons. The Morgan fingerprint density at radius 2 is 2.00 bits per heavy atom. The van der Waals surface area contributed by atoms with Gasteiger partial charge in [-0.05, 0) is 18.4 Å². The molecule has 0 fully saturated rings. The molecule has 1 aromatic carbocycles. The van der Waals surface area contributed by atoms with Gasteiger partial charge in [0.1, 0.15) is 18.4 Å². The number of nitrogens with zero attached hydrogens (tertiary/aromatic N) is 3. The van der Waals surface area contributed by atoms with E-state index in [0.717, 1.165) is 12.0 Å². The van der Waals surface area contributed by atoms with E-state index >= 15 is 0 Å². The lowest BCUT2D eigenvalue weighted by Gasteiger charge is -2.24. The molecule has 0 saturated carbocycles. The Hall–Kier alpha value is -2.23. The van der Waals surface area contributed by atoms with E-state index in [1.165, 1.54) is 6.33 Å². The first-order valence-electron chi connectivity index (χ1n) is 7.18. The summed E-state index contributed by atoms with van der Waals surface area (Å²) in [6.45, 7) is 5.96. The van der Waals surface area contributed by atoms with Crippen molar-refractivity contribution in [2.24, 2.45) is 5.41 Å². The van der Waals surface area contributed by atoms with Gasteiger partial charge in [-0.2, -0.15) is 5.10 Å². The van der Waals surface area contributed by atoms with E-state index in [-0.39, 0.29) is 5.78 Å². The summed E-state index contributed by atoms with van der Waals surface area (Å²) in [5, 5.41) is 4.09. The quantitative estimate of drug-likeness (QED) is 0.764. The molecule has 4 nitrogen and oxygen atoms in total. The van der Waals surface area contributed by atoms with Crippen molar-refractivity contribution in [1.82, 2.24) is 14.8 Å². The maximum atomic E-state index is 12.9. The SMILES string of the molecule is CCC=C(C(=O)C(C)(C)Cc1ccccc1)n1cncn1. The van der Waals surface area contributed by atoms with E-state index in [9.17, 15) is 4.79 Å². The van der Waals surface area contributed by atoms with Crippen LogP contribution in [-0.4, -0.2) is 20.5 Å². The molecule has 1 heterocycles. The van der Waals surface area contributed by atoms with Crippen molar-refractivity contribution in [2.75, 3.05) is 0 Å². The van der Waals surface area contributed by atoms with Gasteiger partial charge in [0, 0.05) is 5.41 Å². The summed E-state index contributed by atoms with van der Waals surface area (Å²) in [6.07, 6.45) is 6.40. The van der Waals surface area contributed by atoms with E-state index in [2.05, 4.69) is 10.1 Å². The molecule has 0 aliphatic heterocycles. The fourth-order valence-corrected chi connectivity index (χ4v) is 2.35. The van der Waals surface area contributed by atoms with Gasteiger partial charge in [0.2, 0.25) is 0 Å². The minimum Gasteiger partial charge on any atom is -0.292 e. The Bertz CT molecular complexity index is 613. The van der Waals surface area contributed by atoms with Gasteiger partial charge in [-0.25, -0.2) is 9.67 Å². The minimum absolute atomic E-state index is 0.0821. The number of allylic oxidation sites excluding steroid dienone is 2. The van der Waals surface area contributed by atoms with Crippen LogP contribution in [0, 0.1) is 5.41 Å². The largest absolute Gasteiger partial charge is 0.292 e. The van der Waals surface area contributed by atoms with Crippen molar-refractivity contribution in [1.29, 1.82) is 0 Å². The zero-order valence-electron chi connectivity index (χ0n) is 12.8. The fraction of sp³-hybridized carbons (Fsp3) is 0.353. The van der Waals surface area contributed by atoms with Crippen LogP contribution in [0.1, 0.15) is 32.8 Å². The number of benzene rings is 1. The average molecular weight is 283 g/mol. The summed E-state index contributed by atoms with van der Waals surface area (Å²) < 4.78 is 1.55. The number of hydrogen-bond acceptors (Lipinski definition) is 3. The number of carbonyl (C=O) groups is 1. The van der Waals surface area contributed by atoms with Gasteiger partial charge in [0.05, 0.1) is 0 Å². The van der Waals surface area contributed by atoms with Gasteiger partial charge < -0.3 is 0 Å². The maximum Gasteiger partial charge on any atom is 0.186 e. The number of rotatable bonds is 6. The van der Waals surface area contributed by atoms with Crippen molar-refractivity contribution in [3.05, 3.63) is 54.6 Å². The Labute approximate surface area is 125 Å². The summed E-state index contributed by atoms with van der Waals surface area (Å²) in [5.74, 6) is 0.0821. The van der Waals surface area contributed by atoms with E-state index in [4.69, 9.17) is 0 Å². The second-order valence-corrected chi connectivity index (χ2v) is 5.71. The number of hydrogen-bond donors (Lipinski definition) is 0. The lowest BCUT2D eigenvalue weighted by Crippen LogP contribution is -2.29. The molecular weight excluding hydrogens is 262 g/mol. The molecular formula is C17H21N3O. The number of Topliss-reactive ketones (excluding diaryl/α,β-unsaturated/α-hetero) is 1. The van der Waals surface area contributed by atoms with Crippen molar-refractivity contribution in [3.8, 4) is 0 Å². The van der Waals surface area contributed by atoms with Crippen LogP contribution in [0.2, 0.25) is 0 Å². The van der Waals surface area contributed by atoms with E-state index in [0.29, 0.717) is 12.1 Å². The molecule has 0 N–H and O–H groups in total. The molecule has 0 bridgehead atoms. The standard InChI is InChI=1S/C17H21N3O/c1-4-8-15(20-13-18-12-19-20)16(21)17(2,3)11-14-9-6-5-7-10-14/h5-10,12-13H,4,11H2,1-3H3. The normalized spacial score (nSPS) is 12.4. The van der Waals surface area contributed by atoms with Gasteiger partial charge in [0.25, 0.3) is 0 Å². The van der Waals surface area contributed by atoms with Gasteiger partial charge in [0.15, 0.2) is 5.78 Å². The lowest BCUT2D eigenvalue weighted by molar-refractivity contribution is -0.121. The Morgan fingerprint density at radius 1 is 1.29 bits per heavy atom. The Balaban J connectivity index is 2.25. The molecule has 2 aromatic rings. The molecule has 0 spiro atoms. The van der Waals surface area contributed by atoms with Crippen molar-refractivity contribution in [2.45, 2.75) is 33.6 Å². The lowest BCUT2D eigenvalue weighted by atomic mass is 9.80. The highest BCUT2D eigenvalue weighted by Crippen LogP contribution is 2.28. The number of aromatic nitrogens is 3. The topological polar surface area (TPSA) is 47.8 Å². The molecule has 0 atom stereocenters. The first-order valence-corrected chi connectivity index (χ1v) is 7.18. The molecule has 0 radical (unpaired) electrons. The van der Waals surface area contributed by atoms with Crippen LogP contribution in [0.15, 0.2) is 49.1 Å². The summed E-state index contributed by atoms with van der Waals surface area (Å²) in [4.78, 5) is 16.8. The smallest absolute Gasteiger partial charge is 0.186 e. The third-order valence-electron chi connectivity index (χ3n) is 3.40. The second kappa shape index (κ2) is 6.48. The van der Waals surface area contributed by atoms with E-state index < -0.39 is 5.41 Å². The first kappa shape index (κ1) is 15.2. The Kier molecular flexibility index (Phi) is 4.68. The molecule has 0 saturated heterocycles. The first-order chi connectivity index (χ1) is 10.0.